The first-order chi connectivity index (χ1) is 12.6. The van der Waals surface area contributed by atoms with E-state index in [1.807, 2.05) is 38.1 Å². The van der Waals surface area contributed by atoms with Crippen LogP contribution in [0.1, 0.15) is 51.5 Å². The van der Waals surface area contributed by atoms with E-state index in [0.29, 0.717) is 32.5 Å². The van der Waals surface area contributed by atoms with Gasteiger partial charge in [-0.2, -0.15) is 0 Å². The fourth-order valence-corrected chi connectivity index (χ4v) is 4.13. The van der Waals surface area contributed by atoms with E-state index >= 15 is 0 Å². The first kappa shape index (κ1) is 18.5. The van der Waals surface area contributed by atoms with Crippen LogP contribution < -0.4 is 10.1 Å². The van der Waals surface area contributed by atoms with Gasteiger partial charge in [0.05, 0.1) is 12.0 Å². The Labute approximate surface area is 155 Å². The summed E-state index contributed by atoms with van der Waals surface area (Å²) in [6, 6.07) is 7.80. The molecule has 0 radical (unpaired) electrons. The molecule has 0 bridgehead atoms. The Morgan fingerprint density at radius 2 is 2.15 bits per heavy atom. The van der Waals surface area contributed by atoms with Crippen LogP contribution in [0.3, 0.4) is 0 Å². The van der Waals surface area contributed by atoms with Crippen molar-refractivity contribution in [3.63, 3.8) is 0 Å². The molecular formula is C21H28N2O3. The van der Waals surface area contributed by atoms with Gasteiger partial charge in [0.2, 0.25) is 11.8 Å². The maximum Gasteiger partial charge on any atom is 0.232 e. The van der Waals surface area contributed by atoms with Crippen LogP contribution in [-0.2, 0) is 16.1 Å². The third-order valence-corrected chi connectivity index (χ3v) is 5.41. The summed E-state index contributed by atoms with van der Waals surface area (Å²) in [5.41, 5.74) is 1.38. The van der Waals surface area contributed by atoms with Gasteiger partial charge in [-0.15, -0.1) is 0 Å². The van der Waals surface area contributed by atoms with Crippen molar-refractivity contribution in [2.45, 2.75) is 52.5 Å². The molecule has 26 heavy (non-hydrogen) atoms. The number of ether oxygens (including phenoxy) is 1. The number of allylic oxidation sites excluding steroid dienone is 1. The number of fused-ring (bicyclic) bond motifs is 1. The lowest BCUT2D eigenvalue weighted by Gasteiger charge is -2.45. The topological polar surface area (TPSA) is 58.6 Å². The highest BCUT2D eigenvalue weighted by Crippen LogP contribution is 2.46. The van der Waals surface area contributed by atoms with Crippen molar-refractivity contribution in [3.05, 3.63) is 41.6 Å². The number of hydrogen-bond donors (Lipinski definition) is 1. The summed E-state index contributed by atoms with van der Waals surface area (Å²) in [7, 11) is 0. The zero-order valence-electron chi connectivity index (χ0n) is 15.7. The third kappa shape index (κ3) is 3.48. The molecule has 1 aliphatic carbocycles. The number of hydrogen-bond acceptors (Lipinski definition) is 3. The third-order valence-electron chi connectivity index (χ3n) is 5.41. The molecular weight excluding hydrogens is 328 g/mol. The Hall–Kier alpha value is -2.30. The molecule has 1 unspecified atom stereocenters. The van der Waals surface area contributed by atoms with Crippen molar-refractivity contribution in [2.24, 2.45) is 5.41 Å². The molecule has 3 rings (SSSR count). The highest BCUT2D eigenvalue weighted by Gasteiger charge is 2.48. The van der Waals surface area contributed by atoms with Crippen LogP contribution >= 0.6 is 0 Å². The van der Waals surface area contributed by atoms with Crippen LogP contribution in [0.2, 0.25) is 0 Å². The quantitative estimate of drug-likeness (QED) is 0.850. The predicted molar refractivity (Wildman–Crippen MR) is 100 cm³/mol. The molecule has 5 nitrogen and oxygen atoms in total. The normalized spacial score (nSPS) is 22.5. The van der Waals surface area contributed by atoms with Crippen LogP contribution in [0.15, 0.2) is 36.0 Å². The van der Waals surface area contributed by atoms with Crippen LogP contribution in [-0.4, -0.2) is 29.9 Å². The smallest absolute Gasteiger partial charge is 0.232 e. The van der Waals surface area contributed by atoms with E-state index in [2.05, 4.69) is 11.4 Å². The molecule has 140 valence electrons. The maximum atomic E-state index is 13.2. The lowest BCUT2D eigenvalue weighted by atomic mass is 9.69. The van der Waals surface area contributed by atoms with E-state index in [1.54, 1.807) is 4.90 Å². The molecule has 5 heteroatoms. The van der Waals surface area contributed by atoms with Gasteiger partial charge in [0.15, 0.2) is 0 Å². The molecule has 1 aromatic carbocycles. The first-order valence-corrected chi connectivity index (χ1v) is 9.61. The average Bonchev–Trinajstić information content (AvgIpc) is 2.66. The second-order valence-electron chi connectivity index (χ2n) is 6.96. The van der Waals surface area contributed by atoms with E-state index in [-0.39, 0.29) is 11.8 Å². The fourth-order valence-electron chi connectivity index (χ4n) is 4.13. The van der Waals surface area contributed by atoms with Gasteiger partial charge in [0, 0.05) is 25.2 Å². The Bertz CT molecular complexity index is 713. The number of carbonyl (C=O) groups is 2. The molecule has 0 aromatic heterocycles. The van der Waals surface area contributed by atoms with Gasteiger partial charge < -0.3 is 15.0 Å². The Balaban J connectivity index is 1.75. The number of carbonyl (C=O) groups excluding carboxylic acids is 2. The second kappa shape index (κ2) is 7.94. The molecule has 1 heterocycles. The average molecular weight is 356 g/mol. The molecule has 1 aromatic rings. The number of nitrogens with zero attached hydrogens (tertiary/aromatic N) is 1. The summed E-state index contributed by atoms with van der Waals surface area (Å²) in [5.74, 6) is 0.987. The minimum absolute atomic E-state index is 0.0382. The van der Waals surface area contributed by atoms with Crippen molar-refractivity contribution in [1.29, 1.82) is 0 Å². The van der Waals surface area contributed by atoms with Crippen LogP contribution in [0, 0.1) is 5.41 Å². The molecule has 1 fully saturated rings. The first-order valence-electron chi connectivity index (χ1n) is 9.61. The van der Waals surface area contributed by atoms with Crippen molar-refractivity contribution in [3.8, 4) is 5.75 Å². The number of nitrogens with one attached hydrogen (secondary N) is 1. The number of benzene rings is 1. The summed E-state index contributed by atoms with van der Waals surface area (Å²) in [5, 5.41) is 3.11. The summed E-state index contributed by atoms with van der Waals surface area (Å²) >= 11 is 0. The zero-order valence-corrected chi connectivity index (χ0v) is 15.7. The van der Waals surface area contributed by atoms with E-state index in [9.17, 15) is 9.59 Å². The Kier molecular flexibility index (Phi) is 5.64. The minimum atomic E-state index is -0.556. The molecule has 0 saturated carbocycles. The summed E-state index contributed by atoms with van der Waals surface area (Å²) in [4.78, 5) is 27.3. The van der Waals surface area contributed by atoms with Gasteiger partial charge in [0.25, 0.3) is 0 Å². The lowest BCUT2D eigenvalue weighted by Crippen LogP contribution is -2.52. The number of likely N-dealkylation sites (tertiary alicyclic amines) is 1. The molecule has 2 aliphatic rings. The second-order valence-corrected chi connectivity index (χ2v) is 6.96. The highest BCUT2D eigenvalue weighted by atomic mass is 16.5. The maximum absolute atomic E-state index is 13.2. The fraction of sp³-hybridized carbons (Fsp3) is 0.524. The molecule has 2 amide bonds. The summed E-state index contributed by atoms with van der Waals surface area (Å²) < 4.78 is 5.53. The molecule has 1 N–H and O–H groups in total. The van der Waals surface area contributed by atoms with E-state index < -0.39 is 5.41 Å². The van der Waals surface area contributed by atoms with Gasteiger partial charge in [-0.1, -0.05) is 18.2 Å². The predicted octanol–water partition coefficient (Wildman–Crippen LogP) is 3.40. The number of piperidine rings is 1. The van der Waals surface area contributed by atoms with Crippen LogP contribution in [0.4, 0.5) is 0 Å². The van der Waals surface area contributed by atoms with Crippen LogP contribution in [0.25, 0.3) is 0 Å². The van der Waals surface area contributed by atoms with E-state index in [1.165, 1.54) is 0 Å². The highest BCUT2D eigenvalue weighted by molar-refractivity contribution is 5.91. The Morgan fingerprint density at radius 1 is 1.31 bits per heavy atom. The standard InChI is InChI=1S/C21H28N2O3/c1-3-23-18-10-5-6-12-21(18,13-11-19(23)24)20(25)22-15-16-8-7-9-17(14-16)26-4-2/h7-10,14H,3-6,11-13,15H2,1-2H3,(H,22,25). The SMILES string of the molecule is CCOc1cccc(CNC(=O)C23CCCC=C2N(CC)C(=O)CC3)c1. The van der Waals surface area contributed by atoms with E-state index in [0.717, 1.165) is 36.3 Å². The van der Waals surface area contributed by atoms with Gasteiger partial charge in [0.1, 0.15) is 5.75 Å². The summed E-state index contributed by atoms with van der Waals surface area (Å²) in [6.07, 6.45) is 5.89. The number of rotatable bonds is 6. The van der Waals surface area contributed by atoms with Gasteiger partial charge in [-0.05, 0) is 57.2 Å². The molecule has 1 atom stereocenters. The number of amides is 2. The molecule has 1 aliphatic heterocycles. The summed E-state index contributed by atoms with van der Waals surface area (Å²) in [6.45, 7) is 5.63. The van der Waals surface area contributed by atoms with Crippen molar-refractivity contribution in [1.82, 2.24) is 10.2 Å². The van der Waals surface area contributed by atoms with Crippen LogP contribution in [0.5, 0.6) is 5.75 Å². The van der Waals surface area contributed by atoms with Crippen molar-refractivity contribution in [2.75, 3.05) is 13.2 Å². The van der Waals surface area contributed by atoms with Gasteiger partial charge >= 0.3 is 0 Å². The largest absolute Gasteiger partial charge is 0.494 e. The van der Waals surface area contributed by atoms with Gasteiger partial charge in [-0.3, -0.25) is 9.59 Å². The van der Waals surface area contributed by atoms with Crippen molar-refractivity contribution < 1.29 is 14.3 Å². The minimum Gasteiger partial charge on any atom is -0.494 e. The Morgan fingerprint density at radius 3 is 2.92 bits per heavy atom. The monoisotopic (exact) mass is 356 g/mol. The van der Waals surface area contributed by atoms with E-state index in [4.69, 9.17) is 4.74 Å². The zero-order chi connectivity index (χ0) is 18.6. The van der Waals surface area contributed by atoms with Crippen molar-refractivity contribution >= 4 is 11.8 Å². The lowest BCUT2D eigenvalue weighted by molar-refractivity contribution is -0.140. The molecule has 0 spiro atoms. The van der Waals surface area contributed by atoms with Gasteiger partial charge in [-0.25, -0.2) is 0 Å². The molecule has 1 saturated heterocycles.